The van der Waals surface area contributed by atoms with Crippen LogP contribution in [0.3, 0.4) is 0 Å². The Morgan fingerprint density at radius 2 is 1.81 bits per heavy atom. The second-order valence-corrected chi connectivity index (χ2v) is 9.30. The zero-order chi connectivity index (χ0) is 25.6. The van der Waals surface area contributed by atoms with Gasteiger partial charge in [0.25, 0.3) is 5.91 Å². The lowest BCUT2D eigenvalue weighted by molar-refractivity contribution is -0.136. The predicted molar refractivity (Wildman–Crippen MR) is 130 cm³/mol. The highest BCUT2D eigenvalue weighted by molar-refractivity contribution is 6.00. The Bertz CT molecular complexity index is 1330. The van der Waals surface area contributed by atoms with Crippen molar-refractivity contribution < 1.29 is 32.2 Å². The first kappa shape index (κ1) is 23.7. The molecule has 2 aromatic heterocycles. The van der Waals surface area contributed by atoms with Gasteiger partial charge in [-0.25, -0.2) is 4.98 Å². The largest absolute Gasteiger partial charge is 0.485 e. The molecule has 12 heteroatoms. The molecule has 0 unspecified atom stereocenters. The molecule has 6 rings (SSSR count). The third-order valence-corrected chi connectivity index (χ3v) is 6.89. The number of aromatic nitrogens is 2. The number of fused-ring (bicyclic) bond motifs is 2. The van der Waals surface area contributed by atoms with E-state index in [1.807, 2.05) is 0 Å². The number of nitrogens with one attached hydrogen (secondary N) is 3. The molecule has 0 atom stereocenters. The highest BCUT2D eigenvalue weighted by Crippen LogP contribution is 2.44. The molecule has 2 aliphatic heterocycles. The maximum atomic E-state index is 13.7. The summed E-state index contributed by atoms with van der Waals surface area (Å²) in [6.45, 7) is 2.53. The van der Waals surface area contributed by atoms with Crippen molar-refractivity contribution in [3.8, 4) is 11.5 Å². The van der Waals surface area contributed by atoms with Crippen molar-refractivity contribution in [1.82, 2.24) is 14.9 Å². The number of nitrogens with zero attached hydrogens (tertiary/aromatic N) is 2. The smallest absolute Gasteiger partial charge is 0.418 e. The summed E-state index contributed by atoms with van der Waals surface area (Å²) in [5.74, 6) is 0.854. The van der Waals surface area contributed by atoms with Crippen LogP contribution in [-0.2, 0) is 10.9 Å². The van der Waals surface area contributed by atoms with Crippen LogP contribution in [0.15, 0.2) is 24.4 Å². The summed E-state index contributed by atoms with van der Waals surface area (Å²) in [6, 6.07) is 5.05. The van der Waals surface area contributed by atoms with Gasteiger partial charge in [-0.2, -0.15) is 13.2 Å². The van der Waals surface area contributed by atoms with Gasteiger partial charge >= 0.3 is 6.18 Å². The Labute approximate surface area is 210 Å². The summed E-state index contributed by atoms with van der Waals surface area (Å²) in [6.07, 6.45) is -0.739. The highest BCUT2D eigenvalue weighted by Gasteiger charge is 2.36. The van der Waals surface area contributed by atoms with Crippen molar-refractivity contribution in [2.45, 2.75) is 31.5 Å². The van der Waals surface area contributed by atoms with Gasteiger partial charge in [0, 0.05) is 37.1 Å². The maximum Gasteiger partial charge on any atom is 0.418 e. The number of carbonyl (C=O) groups is 1. The van der Waals surface area contributed by atoms with Crippen molar-refractivity contribution in [2.24, 2.45) is 0 Å². The number of rotatable bonds is 5. The molecule has 0 spiro atoms. The zero-order valence-electron chi connectivity index (χ0n) is 19.9. The first-order valence-electron chi connectivity index (χ1n) is 12.3. The average molecular weight is 518 g/mol. The number of carbonyl (C=O) groups excluding carboxylic acids is 1. The molecule has 1 amide bonds. The second kappa shape index (κ2) is 9.33. The molecule has 0 radical (unpaired) electrons. The predicted octanol–water partition coefficient (Wildman–Crippen LogP) is 4.53. The molecule has 37 heavy (non-hydrogen) atoms. The molecule has 1 saturated heterocycles. The van der Waals surface area contributed by atoms with Crippen LogP contribution in [-0.4, -0.2) is 66.3 Å². The van der Waals surface area contributed by atoms with Crippen LogP contribution in [0.25, 0.3) is 11.0 Å². The first-order valence-corrected chi connectivity index (χ1v) is 12.3. The van der Waals surface area contributed by atoms with Crippen LogP contribution in [0.4, 0.5) is 30.4 Å². The van der Waals surface area contributed by atoms with Gasteiger partial charge in [0.2, 0.25) is 0 Å². The van der Waals surface area contributed by atoms with E-state index in [1.165, 1.54) is 0 Å². The first-order chi connectivity index (χ1) is 17.9. The molecule has 3 aromatic rings. The molecule has 9 nitrogen and oxygen atoms in total. The third kappa shape index (κ3) is 4.50. The summed E-state index contributed by atoms with van der Waals surface area (Å²) in [7, 11) is 0. The van der Waals surface area contributed by atoms with Crippen LogP contribution in [0.1, 0.15) is 35.2 Å². The lowest BCUT2D eigenvalue weighted by Crippen LogP contribution is -2.41. The van der Waals surface area contributed by atoms with E-state index in [-0.39, 0.29) is 23.0 Å². The quantitative estimate of drug-likeness (QED) is 0.457. The van der Waals surface area contributed by atoms with E-state index in [1.54, 1.807) is 23.1 Å². The topological polar surface area (TPSA) is 101 Å². The average Bonchev–Trinajstić information content (AvgIpc) is 3.31. The van der Waals surface area contributed by atoms with Gasteiger partial charge in [-0.05, 0) is 31.4 Å². The van der Waals surface area contributed by atoms with Gasteiger partial charge < -0.3 is 34.7 Å². The minimum Gasteiger partial charge on any atom is -0.485 e. The number of hydrogen-bond donors (Lipinski definition) is 3. The van der Waals surface area contributed by atoms with E-state index >= 15 is 0 Å². The number of H-pyrrole nitrogens is 1. The SMILES string of the molecule is O=C(c1ccc(Nc2cc(NC3CCC3)c3c(C(F)(F)F)c[nH]c3n2)c2c1OCCO2)N1CCOCC1. The van der Waals surface area contributed by atoms with E-state index in [0.717, 1.165) is 25.5 Å². The van der Waals surface area contributed by atoms with Crippen molar-refractivity contribution in [1.29, 1.82) is 0 Å². The number of aromatic amines is 1. The summed E-state index contributed by atoms with van der Waals surface area (Å²) in [5.41, 5.74) is 0.595. The number of pyridine rings is 1. The van der Waals surface area contributed by atoms with E-state index in [0.29, 0.717) is 73.8 Å². The lowest BCUT2D eigenvalue weighted by atomic mass is 9.93. The number of anilines is 3. The number of benzene rings is 1. The molecular weight excluding hydrogens is 491 g/mol. The van der Waals surface area contributed by atoms with Crippen molar-refractivity contribution in [2.75, 3.05) is 50.2 Å². The maximum absolute atomic E-state index is 13.7. The van der Waals surface area contributed by atoms with Crippen LogP contribution in [0, 0.1) is 0 Å². The molecule has 3 N–H and O–H groups in total. The number of morpholine rings is 1. The minimum absolute atomic E-state index is 0.0121. The summed E-state index contributed by atoms with van der Waals surface area (Å²) >= 11 is 0. The molecule has 4 heterocycles. The van der Waals surface area contributed by atoms with Crippen molar-refractivity contribution in [3.05, 3.63) is 35.5 Å². The van der Waals surface area contributed by atoms with Gasteiger partial charge in [-0.15, -0.1) is 0 Å². The molecule has 1 saturated carbocycles. The fourth-order valence-electron chi connectivity index (χ4n) is 4.79. The van der Waals surface area contributed by atoms with Crippen molar-refractivity contribution >= 4 is 34.1 Å². The fraction of sp³-hybridized carbons (Fsp3) is 0.440. The Hall–Kier alpha value is -3.67. The standard InChI is InChI=1S/C25H26F3N5O4/c26-25(27,28)16-13-29-23-20(16)18(30-14-2-1-3-14)12-19(32-23)31-17-5-4-15(21-22(17)37-11-10-36-21)24(34)33-6-8-35-9-7-33/h4-5,12-14H,1-3,6-11H2,(H3,29,30,31,32). The normalized spacial score (nSPS) is 18.0. The molecule has 1 aliphatic carbocycles. The summed E-state index contributed by atoms with van der Waals surface area (Å²) in [4.78, 5) is 21.9. The van der Waals surface area contributed by atoms with E-state index in [9.17, 15) is 18.0 Å². The highest BCUT2D eigenvalue weighted by atomic mass is 19.4. The van der Waals surface area contributed by atoms with Crippen molar-refractivity contribution in [3.63, 3.8) is 0 Å². The Morgan fingerprint density at radius 1 is 1.05 bits per heavy atom. The fourth-order valence-corrected chi connectivity index (χ4v) is 4.79. The van der Waals surface area contributed by atoms with Gasteiger partial charge in [-0.3, -0.25) is 4.79 Å². The zero-order valence-corrected chi connectivity index (χ0v) is 19.9. The number of alkyl halides is 3. The molecule has 1 aromatic carbocycles. The Balaban J connectivity index is 1.36. The van der Waals surface area contributed by atoms with Gasteiger partial charge in [0.05, 0.1) is 35.4 Å². The molecule has 196 valence electrons. The van der Waals surface area contributed by atoms with Crippen LogP contribution in [0.5, 0.6) is 11.5 Å². The van der Waals surface area contributed by atoms with Crippen LogP contribution in [0.2, 0.25) is 0 Å². The van der Waals surface area contributed by atoms with E-state index in [2.05, 4.69) is 20.6 Å². The van der Waals surface area contributed by atoms with Gasteiger partial charge in [0.1, 0.15) is 24.7 Å². The Morgan fingerprint density at radius 3 is 2.51 bits per heavy atom. The molecule has 2 fully saturated rings. The monoisotopic (exact) mass is 517 g/mol. The third-order valence-electron chi connectivity index (χ3n) is 6.89. The summed E-state index contributed by atoms with van der Waals surface area (Å²) in [5, 5.41) is 6.43. The number of amides is 1. The number of ether oxygens (including phenoxy) is 3. The summed E-state index contributed by atoms with van der Waals surface area (Å²) < 4.78 is 58.1. The number of hydrogen-bond acceptors (Lipinski definition) is 7. The lowest BCUT2D eigenvalue weighted by Gasteiger charge is -2.29. The van der Waals surface area contributed by atoms with Crippen LogP contribution < -0.4 is 20.1 Å². The van der Waals surface area contributed by atoms with E-state index < -0.39 is 11.7 Å². The Kier molecular flexibility index (Phi) is 5.98. The molecular formula is C25H26F3N5O4. The van der Waals surface area contributed by atoms with Gasteiger partial charge in [0.15, 0.2) is 11.5 Å². The number of halogens is 3. The second-order valence-electron chi connectivity index (χ2n) is 9.30. The molecule has 3 aliphatic rings. The minimum atomic E-state index is -4.52. The van der Waals surface area contributed by atoms with E-state index in [4.69, 9.17) is 14.2 Å². The van der Waals surface area contributed by atoms with Gasteiger partial charge in [-0.1, -0.05) is 0 Å². The molecule has 0 bridgehead atoms. The van der Waals surface area contributed by atoms with Crippen LogP contribution >= 0.6 is 0 Å².